The zero-order valence-corrected chi connectivity index (χ0v) is 12.5. The van der Waals surface area contributed by atoms with E-state index in [2.05, 4.69) is 5.32 Å². The number of aryl methyl sites for hydroxylation is 1. The Kier molecular flexibility index (Phi) is 5.04. The third-order valence-electron chi connectivity index (χ3n) is 4.23. The van der Waals surface area contributed by atoms with Crippen molar-refractivity contribution in [2.45, 2.75) is 58.4 Å². The van der Waals surface area contributed by atoms with Crippen molar-refractivity contribution in [3.8, 4) is 0 Å². The van der Waals surface area contributed by atoms with Gasteiger partial charge in [-0.3, -0.25) is 9.59 Å². The van der Waals surface area contributed by atoms with Gasteiger partial charge in [-0.15, -0.1) is 0 Å². The first-order valence-electron chi connectivity index (χ1n) is 7.53. The van der Waals surface area contributed by atoms with E-state index in [9.17, 15) is 9.59 Å². The van der Waals surface area contributed by atoms with Crippen molar-refractivity contribution in [2.24, 2.45) is 5.41 Å². The van der Waals surface area contributed by atoms with Gasteiger partial charge in [0.15, 0.2) is 0 Å². The molecule has 1 heterocycles. The largest absolute Gasteiger partial charge is 0.481 e. The van der Waals surface area contributed by atoms with Crippen molar-refractivity contribution >= 4 is 11.9 Å². The molecule has 2 rings (SSSR count). The Morgan fingerprint density at radius 1 is 1.24 bits per heavy atom. The monoisotopic (exact) mass is 293 g/mol. The molecule has 5 heteroatoms. The number of nitrogens with one attached hydrogen (secondary N) is 1. The van der Waals surface area contributed by atoms with Gasteiger partial charge in [-0.05, 0) is 37.3 Å². The normalized spacial score (nSPS) is 17.4. The summed E-state index contributed by atoms with van der Waals surface area (Å²) in [5.41, 5.74) is -0.368. The predicted octanol–water partition coefficient (Wildman–Crippen LogP) is 3.02. The highest BCUT2D eigenvalue weighted by atomic mass is 16.4. The maximum atomic E-state index is 12.1. The molecule has 1 fully saturated rings. The summed E-state index contributed by atoms with van der Waals surface area (Å²) in [7, 11) is 0. The van der Waals surface area contributed by atoms with Crippen LogP contribution in [0.4, 0.5) is 0 Å². The van der Waals surface area contributed by atoms with Gasteiger partial charge in [-0.2, -0.15) is 0 Å². The minimum Gasteiger partial charge on any atom is -0.481 e. The second-order valence-electron chi connectivity index (χ2n) is 6.10. The maximum absolute atomic E-state index is 12.1. The van der Waals surface area contributed by atoms with Crippen LogP contribution in [-0.2, 0) is 16.1 Å². The van der Waals surface area contributed by atoms with Crippen LogP contribution in [0.15, 0.2) is 16.5 Å². The molecule has 0 radical (unpaired) electrons. The Morgan fingerprint density at radius 3 is 2.52 bits per heavy atom. The number of carboxylic acid groups (broad SMARTS) is 1. The molecular weight excluding hydrogens is 270 g/mol. The van der Waals surface area contributed by atoms with Gasteiger partial charge >= 0.3 is 5.97 Å². The van der Waals surface area contributed by atoms with E-state index in [4.69, 9.17) is 9.52 Å². The van der Waals surface area contributed by atoms with Crippen molar-refractivity contribution in [1.82, 2.24) is 5.32 Å². The molecule has 1 aromatic heterocycles. The molecule has 5 nitrogen and oxygen atoms in total. The summed E-state index contributed by atoms with van der Waals surface area (Å²) in [6.07, 6.45) is 5.18. The number of carbonyl (C=O) groups excluding carboxylic acids is 1. The average Bonchev–Trinajstić information content (AvgIpc) is 2.82. The Morgan fingerprint density at radius 2 is 1.95 bits per heavy atom. The molecule has 0 spiro atoms. The molecule has 0 atom stereocenters. The number of rotatable bonds is 6. The van der Waals surface area contributed by atoms with Gasteiger partial charge in [-0.25, -0.2) is 0 Å². The van der Waals surface area contributed by atoms with Crippen molar-refractivity contribution in [3.05, 3.63) is 23.7 Å². The van der Waals surface area contributed by atoms with Crippen LogP contribution in [0.2, 0.25) is 0 Å². The third kappa shape index (κ3) is 4.62. The summed E-state index contributed by atoms with van der Waals surface area (Å²) >= 11 is 0. The highest BCUT2D eigenvalue weighted by Crippen LogP contribution is 2.42. The molecule has 21 heavy (non-hydrogen) atoms. The molecule has 0 saturated heterocycles. The number of hydrogen-bond acceptors (Lipinski definition) is 3. The number of carboxylic acids is 1. The predicted molar refractivity (Wildman–Crippen MR) is 77.7 cm³/mol. The Balaban J connectivity index is 1.89. The molecule has 0 aliphatic heterocycles. The molecule has 0 aromatic carbocycles. The van der Waals surface area contributed by atoms with E-state index in [1.807, 2.05) is 19.1 Å². The molecule has 1 aliphatic carbocycles. The smallest absolute Gasteiger partial charge is 0.303 e. The molecule has 1 aromatic rings. The van der Waals surface area contributed by atoms with Gasteiger partial charge in [0, 0.05) is 6.42 Å². The van der Waals surface area contributed by atoms with Crippen LogP contribution in [0.25, 0.3) is 0 Å². The van der Waals surface area contributed by atoms with Crippen molar-refractivity contribution < 1.29 is 19.1 Å². The fraction of sp³-hybridized carbons (Fsp3) is 0.625. The Hall–Kier alpha value is -1.78. The second-order valence-corrected chi connectivity index (χ2v) is 6.10. The quantitative estimate of drug-likeness (QED) is 0.845. The van der Waals surface area contributed by atoms with Crippen LogP contribution in [-0.4, -0.2) is 17.0 Å². The number of amides is 1. The van der Waals surface area contributed by atoms with Crippen LogP contribution in [0, 0.1) is 12.3 Å². The first-order valence-corrected chi connectivity index (χ1v) is 7.53. The minimum atomic E-state index is -0.814. The minimum absolute atomic E-state index is 0.0836. The SMILES string of the molecule is Cc1ccc(CNC(=O)CC2(CC(=O)O)CCCCC2)o1. The van der Waals surface area contributed by atoms with E-state index in [1.54, 1.807) is 0 Å². The van der Waals surface area contributed by atoms with Crippen LogP contribution >= 0.6 is 0 Å². The lowest BCUT2D eigenvalue weighted by Crippen LogP contribution is -2.34. The Bertz CT molecular complexity index is 500. The van der Waals surface area contributed by atoms with Crippen LogP contribution in [0.1, 0.15) is 56.5 Å². The van der Waals surface area contributed by atoms with Gasteiger partial charge in [0.25, 0.3) is 0 Å². The van der Waals surface area contributed by atoms with Gasteiger partial charge in [0.1, 0.15) is 11.5 Å². The van der Waals surface area contributed by atoms with Gasteiger partial charge < -0.3 is 14.8 Å². The van der Waals surface area contributed by atoms with Gasteiger partial charge in [0.2, 0.25) is 5.91 Å². The van der Waals surface area contributed by atoms with E-state index >= 15 is 0 Å². The van der Waals surface area contributed by atoms with Crippen LogP contribution in [0.3, 0.4) is 0 Å². The fourth-order valence-electron chi connectivity index (χ4n) is 3.21. The van der Waals surface area contributed by atoms with Crippen LogP contribution in [0.5, 0.6) is 0 Å². The number of furan rings is 1. The molecule has 0 unspecified atom stereocenters. The molecule has 1 aliphatic rings. The lowest BCUT2D eigenvalue weighted by Gasteiger charge is -2.35. The first-order chi connectivity index (χ1) is 9.99. The molecule has 0 bridgehead atoms. The number of carbonyl (C=O) groups is 2. The molecule has 116 valence electrons. The summed E-state index contributed by atoms with van der Waals surface area (Å²) in [6.45, 7) is 2.21. The van der Waals surface area contributed by atoms with E-state index < -0.39 is 5.97 Å². The lowest BCUT2D eigenvalue weighted by atomic mass is 9.69. The maximum Gasteiger partial charge on any atom is 0.303 e. The number of aliphatic carboxylic acids is 1. The van der Waals surface area contributed by atoms with E-state index in [1.165, 1.54) is 0 Å². The zero-order chi connectivity index (χ0) is 15.3. The average molecular weight is 293 g/mol. The van der Waals surface area contributed by atoms with Crippen molar-refractivity contribution in [3.63, 3.8) is 0 Å². The number of hydrogen-bond donors (Lipinski definition) is 2. The van der Waals surface area contributed by atoms with Gasteiger partial charge in [0.05, 0.1) is 13.0 Å². The van der Waals surface area contributed by atoms with E-state index in [-0.39, 0.29) is 17.7 Å². The molecule has 1 saturated carbocycles. The third-order valence-corrected chi connectivity index (χ3v) is 4.23. The summed E-state index contributed by atoms with van der Waals surface area (Å²) in [6, 6.07) is 3.69. The second kappa shape index (κ2) is 6.78. The summed E-state index contributed by atoms with van der Waals surface area (Å²) in [5, 5.41) is 11.9. The zero-order valence-electron chi connectivity index (χ0n) is 12.5. The summed E-state index contributed by atoms with van der Waals surface area (Å²) in [4.78, 5) is 23.2. The molecular formula is C16H23NO4. The lowest BCUT2D eigenvalue weighted by molar-refractivity contribution is -0.141. The molecule has 1 amide bonds. The van der Waals surface area contributed by atoms with Crippen molar-refractivity contribution in [1.29, 1.82) is 0 Å². The van der Waals surface area contributed by atoms with Crippen molar-refractivity contribution in [2.75, 3.05) is 0 Å². The van der Waals surface area contributed by atoms with Crippen LogP contribution < -0.4 is 5.32 Å². The highest BCUT2D eigenvalue weighted by molar-refractivity contribution is 5.78. The standard InChI is InChI=1S/C16H23NO4/c1-12-5-6-13(21-12)11-17-14(18)9-16(10-15(19)20)7-3-2-4-8-16/h5-6H,2-4,7-11H2,1H3,(H,17,18)(H,19,20). The highest BCUT2D eigenvalue weighted by Gasteiger charge is 2.36. The fourth-order valence-corrected chi connectivity index (χ4v) is 3.21. The topological polar surface area (TPSA) is 79.5 Å². The summed E-state index contributed by atoms with van der Waals surface area (Å²) in [5.74, 6) is 0.629. The van der Waals surface area contributed by atoms with E-state index in [0.717, 1.165) is 43.6 Å². The molecule has 2 N–H and O–H groups in total. The first kappa shape index (κ1) is 15.6. The Labute approximate surface area is 124 Å². The summed E-state index contributed by atoms with van der Waals surface area (Å²) < 4.78 is 5.40. The van der Waals surface area contributed by atoms with E-state index in [0.29, 0.717) is 13.0 Å². The van der Waals surface area contributed by atoms with Gasteiger partial charge in [-0.1, -0.05) is 19.3 Å².